The second kappa shape index (κ2) is 4.23. The molecule has 2 N–H and O–H groups in total. The summed E-state index contributed by atoms with van der Waals surface area (Å²) in [5, 5.41) is 0. The lowest BCUT2D eigenvalue weighted by Crippen LogP contribution is -2.45. The van der Waals surface area contributed by atoms with Crippen molar-refractivity contribution >= 4 is 11.9 Å². The first-order chi connectivity index (χ1) is 6.15. The number of nitrogens with two attached hydrogens (primary N) is 1. The molecule has 74 valence electrons. The number of rotatable bonds is 0. The van der Waals surface area contributed by atoms with Crippen LogP contribution in [0.4, 0.5) is 0 Å². The van der Waals surface area contributed by atoms with E-state index in [-0.39, 0.29) is 6.04 Å². The SMILES string of the molecule is COC(=O)C(=O)N1CCC(N)CC1. The first-order valence-electron chi connectivity index (χ1n) is 4.28. The highest BCUT2D eigenvalue weighted by molar-refractivity contribution is 6.32. The lowest BCUT2D eigenvalue weighted by molar-refractivity contribution is -0.158. The summed E-state index contributed by atoms with van der Waals surface area (Å²) in [6, 6.07) is 0.154. The summed E-state index contributed by atoms with van der Waals surface area (Å²) in [7, 11) is 1.20. The smallest absolute Gasteiger partial charge is 0.396 e. The van der Waals surface area contributed by atoms with Crippen molar-refractivity contribution in [3.8, 4) is 0 Å². The van der Waals surface area contributed by atoms with Crippen LogP contribution in [-0.2, 0) is 14.3 Å². The fourth-order valence-electron chi connectivity index (χ4n) is 1.32. The summed E-state index contributed by atoms with van der Waals surface area (Å²) in [5.41, 5.74) is 5.65. The monoisotopic (exact) mass is 186 g/mol. The Morgan fingerprint density at radius 1 is 1.38 bits per heavy atom. The number of esters is 1. The Morgan fingerprint density at radius 3 is 2.38 bits per heavy atom. The average Bonchev–Trinajstić information content (AvgIpc) is 2.17. The number of likely N-dealkylation sites (tertiary alicyclic amines) is 1. The number of piperidine rings is 1. The molecule has 1 aliphatic heterocycles. The second-order valence-corrected chi connectivity index (χ2v) is 3.12. The summed E-state index contributed by atoms with van der Waals surface area (Å²) >= 11 is 0. The molecule has 0 saturated carbocycles. The molecular weight excluding hydrogens is 172 g/mol. The molecule has 0 bridgehead atoms. The van der Waals surface area contributed by atoms with E-state index in [4.69, 9.17) is 5.73 Å². The fourth-order valence-corrected chi connectivity index (χ4v) is 1.32. The van der Waals surface area contributed by atoms with Gasteiger partial charge in [0.25, 0.3) is 0 Å². The molecule has 0 aromatic carbocycles. The van der Waals surface area contributed by atoms with E-state index >= 15 is 0 Å². The van der Waals surface area contributed by atoms with E-state index in [2.05, 4.69) is 4.74 Å². The van der Waals surface area contributed by atoms with Crippen LogP contribution >= 0.6 is 0 Å². The molecule has 0 aromatic heterocycles. The van der Waals surface area contributed by atoms with Crippen molar-refractivity contribution in [1.82, 2.24) is 4.90 Å². The molecule has 1 rings (SSSR count). The van der Waals surface area contributed by atoms with Crippen molar-refractivity contribution in [3.63, 3.8) is 0 Å². The molecule has 1 heterocycles. The van der Waals surface area contributed by atoms with E-state index in [1.807, 2.05) is 0 Å². The van der Waals surface area contributed by atoms with Gasteiger partial charge in [-0.1, -0.05) is 0 Å². The lowest BCUT2D eigenvalue weighted by atomic mass is 10.1. The predicted octanol–water partition coefficient (Wildman–Crippen LogP) is -0.891. The third kappa shape index (κ3) is 2.42. The van der Waals surface area contributed by atoms with E-state index in [1.54, 1.807) is 0 Å². The van der Waals surface area contributed by atoms with Gasteiger partial charge in [0, 0.05) is 19.1 Å². The Bertz CT molecular complexity index is 209. The maximum atomic E-state index is 11.2. The van der Waals surface area contributed by atoms with Gasteiger partial charge in [0.2, 0.25) is 0 Å². The average molecular weight is 186 g/mol. The minimum atomic E-state index is -0.796. The molecule has 0 atom stereocenters. The number of amides is 1. The zero-order valence-electron chi connectivity index (χ0n) is 7.66. The van der Waals surface area contributed by atoms with Gasteiger partial charge in [-0.3, -0.25) is 4.79 Å². The highest BCUT2D eigenvalue weighted by Crippen LogP contribution is 2.08. The van der Waals surface area contributed by atoms with Crippen molar-refractivity contribution in [1.29, 1.82) is 0 Å². The molecule has 1 amide bonds. The summed E-state index contributed by atoms with van der Waals surface area (Å²) < 4.78 is 4.33. The Morgan fingerprint density at radius 2 is 1.92 bits per heavy atom. The minimum Gasteiger partial charge on any atom is -0.462 e. The first-order valence-corrected chi connectivity index (χ1v) is 4.28. The van der Waals surface area contributed by atoms with E-state index < -0.39 is 11.9 Å². The normalized spacial score (nSPS) is 18.5. The van der Waals surface area contributed by atoms with Crippen molar-refractivity contribution < 1.29 is 14.3 Å². The van der Waals surface area contributed by atoms with Crippen molar-refractivity contribution in [3.05, 3.63) is 0 Å². The van der Waals surface area contributed by atoms with Gasteiger partial charge in [0.1, 0.15) is 0 Å². The Balaban J connectivity index is 2.44. The van der Waals surface area contributed by atoms with Crippen LogP contribution in [0.25, 0.3) is 0 Å². The number of nitrogens with zero attached hydrogens (tertiary/aromatic N) is 1. The highest BCUT2D eigenvalue weighted by Gasteiger charge is 2.25. The van der Waals surface area contributed by atoms with E-state index in [1.165, 1.54) is 12.0 Å². The highest BCUT2D eigenvalue weighted by atomic mass is 16.5. The minimum absolute atomic E-state index is 0.154. The first kappa shape index (κ1) is 9.98. The molecule has 1 aliphatic rings. The molecule has 0 radical (unpaired) electrons. The molecule has 5 nitrogen and oxygen atoms in total. The summed E-state index contributed by atoms with van der Waals surface area (Å²) in [6.45, 7) is 1.10. The van der Waals surface area contributed by atoms with E-state index in [0.29, 0.717) is 13.1 Å². The van der Waals surface area contributed by atoms with Gasteiger partial charge in [-0.25, -0.2) is 4.79 Å². The zero-order chi connectivity index (χ0) is 9.84. The number of ether oxygens (including phenoxy) is 1. The lowest BCUT2D eigenvalue weighted by Gasteiger charge is -2.28. The standard InChI is InChI=1S/C8H14N2O3/c1-13-8(12)7(11)10-4-2-6(9)3-5-10/h6H,2-5,9H2,1H3. The maximum absolute atomic E-state index is 11.2. The summed E-state index contributed by atoms with van der Waals surface area (Å²) in [6.07, 6.45) is 1.51. The van der Waals surface area contributed by atoms with Crippen molar-refractivity contribution in [2.45, 2.75) is 18.9 Å². The number of hydrogen-bond acceptors (Lipinski definition) is 4. The van der Waals surface area contributed by atoms with Gasteiger partial charge in [0.15, 0.2) is 0 Å². The van der Waals surface area contributed by atoms with E-state index in [0.717, 1.165) is 12.8 Å². The van der Waals surface area contributed by atoms with Crippen LogP contribution in [0, 0.1) is 0 Å². The quantitative estimate of drug-likeness (QED) is 0.393. The Hall–Kier alpha value is -1.10. The molecule has 0 unspecified atom stereocenters. The van der Waals surface area contributed by atoms with Crippen LogP contribution in [0.15, 0.2) is 0 Å². The Labute approximate surface area is 76.8 Å². The molecular formula is C8H14N2O3. The van der Waals surface area contributed by atoms with Crippen molar-refractivity contribution in [2.75, 3.05) is 20.2 Å². The molecule has 0 aliphatic carbocycles. The van der Waals surface area contributed by atoms with Gasteiger partial charge in [-0.05, 0) is 12.8 Å². The van der Waals surface area contributed by atoms with Crippen LogP contribution in [0.3, 0.4) is 0 Å². The molecule has 5 heteroatoms. The number of carbonyl (C=O) groups is 2. The number of methoxy groups -OCH3 is 1. The summed E-state index contributed by atoms with van der Waals surface area (Å²) in [4.78, 5) is 23.6. The fraction of sp³-hybridized carbons (Fsp3) is 0.750. The van der Waals surface area contributed by atoms with Crippen LogP contribution in [0.2, 0.25) is 0 Å². The molecule has 0 aromatic rings. The zero-order valence-corrected chi connectivity index (χ0v) is 7.66. The van der Waals surface area contributed by atoms with Gasteiger partial charge in [0.05, 0.1) is 7.11 Å². The van der Waals surface area contributed by atoms with Gasteiger partial charge in [-0.15, -0.1) is 0 Å². The molecule has 1 saturated heterocycles. The van der Waals surface area contributed by atoms with Crippen molar-refractivity contribution in [2.24, 2.45) is 5.73 Å². The Kier molecular flexibility index (Phi) is 3.25. The van der Waals surface area contributed by atoms with Gasteiger partial charge < -0.3 is 15.4 Å². The second-order valence-electron chi connectivity index (χ2n) is 3.12. The third-order valence-electron chi connectivity index (χ3n) is 2.19. The van der Waals surface area contributed by atoms with Crippen LogP contribution in [-0.4, -0.2) is 43.0 Å². The molecule has 1 fully saturated rings. The number of hydrogen-bond donors (Lipinski definition) is 1. The third-order valence-corrected chi connectivity index (χ3v) is 2.19. The number of carbonyl (C=O) groups excluding carboxylic acids is 2. The topological polar surface area (TPSA) is 72.6 Å². The van der Waals surface area contributed by atoms with Crippen LogP contribution < -0.4 is 5.73 Å². The van der Waals surface area contributed by atoms with Gasteiger partial charge >= 0.3 is 11.9 Å². The summed E-state index contributed by atoms with van der Waals surface area (Å²) in [5.74, 6) is -1.36. The molecule has 0 spiro atoms. The maximum Gasteiger partial charge on any atom is 0.396 e. The van der Waals surface area contributed by atoms with Crippen LogP contribution in [0.1, 0.15) is 12.8 Å². The predicted molar refractivity (Wildman–Crippen MR) is 45.8 cm³/mol. The van der Waals surface area contributed by atoms with E-state index in [9.17, 15) is 9.59 Å². The molecule has 13 heavy (non-hydrogen) atoms. The van der Waals surface area contributed by atoms with Crippen LogP contribution in [0.5, 0.6) is 0 Å². The van der Waals surface area contributed by atoms with Gasteiger partial charge in [-0.2, -0.15) is 0 Å². The largest absolute Gasteiger partial charge is 0.462 e.